The minimum atomic E-state index is -1.23. The van der Waals surface area contributed by atoms with Crippen LogP contribution >= 0.6 is 0 Å². The van der Waals surface area contributed by atoms with Gasteiger partial charge in [0.25, 0.3) is 17.3 Å². The van der Waals surface area contributed by atoms with Gasteiger partial charge in [0, 0.05) is 0 Å². The van der Waals surface area contributed by atoms with Crippen molar-refractivity contribution in [3.8, 4) is 0 Å². The predicted molar refractivity (Wildman–Crippen MR) is 67.5 cm³/mol. The number of anilines is 1. The van der Waals surface area contributed by atoms with Crippen molar-refractivity contribution in [1.29, 1.82) is 0 Å². The van der Waals surface area contributed by atoms with Gasteiger partial charge < -0.3 is 15.3 Å². The highest BCUT2D eigenvalue weighted by atomic mass is 19.1. The molecule has 0 spiro atoms. The Morgan fingerprint density at radius 1 is 1.52 bits per heavy atom. The fourth-order valence-corrected chi connectivity index (χ4v) is 1.32. The largest absolute Gasteiger partial charge is 0.461 e. The number of nitrogens with one attached hydrogen (secondary N) is 1. The van der Waals surface area contributed by atoms with Gasteiger partial charge in [0.1, 0.15) is 11.5 Å². The van der Waals surface area contributed by atoms with Gasteiger partial charge in [-0.25, -0.2) is 9.18 Å². The minimum Gasteiger partial charge on any atom is -0.461 e. The Morgan fingerprint density at radius 3 is 2.71 bits per heavy atom. The third-order valence-electron chi connectivity index (χ3n) is 2.19. The number of benzene rings is 1. The highest BCUT2D eigenvalue weighted by molar-refractivity contribution is 6.65. The second-order valence-electron chi connectivity index (χ2n) is 3.54. The van der Waals surface area contributed by atoms with Crippen molar-refractivity contribution < 1.29 is 28.8 Å². The molecular formula is C11H10FN3O6. The zero-order valence-corrected chi connectivity index (χ0v) is 10.7. The normalized spacial score (nSPS) is 10.9. The molecule has 0 aliphatic heterocycles. The number of nitro groups is 1. The molecule has 9 nitrogen and oxygen atoms in total. The summed E-state index contributed by atoms with van der Waals surface area (Å²) in [5, 5.41) is 23.8. The lowest BCUT2D eigenvalue weighted by Gasteiger charge is -2.06. The predicted octanol–water partition coefficient (Wildman–Crippen LogP) is 1.07. The third kappa shape index (κ3) is 3.96. The molecule has 0 atom stereocenters. The molecule has 0 aromatic heterocycles. The van der Waals surface area contributed by atoms with E-state index in [1.165, 1.54) is 6.92 Å². The van der Waals surface area contributed by atoms with E-state index in [2.05, 4.69) is 9.89 Å². The van der Waals surface area contributed by atoms with Gasteiger partial charge in [-0.1, -0.05) is 5.16 Å². The molecule has 0 aliphatic carbocycles. The summed E-state index contributed by atoms with van der Waals surface area (Å²) in [6, 6.07) is 2.41. The molecule has 0 fully saturated rings. The van der Waals surface area contributed by atoms with Crippen LogP contribution < -0.4 is 5.32 Å². The SMILES string of the molecule is CCOC(=O)/C(=N\O)C(=O)Nc1ccc(F)cc1[N+](=O)[O-]. The van der Waals surface area contributed by atoms with Crippen LogP contribution in [0.3, 0.4) is 0 Å². The van der Waals surface area contributed by atoms with Gasteiger partial charge in [-0.15, -0.1) is 0 Å². The van der Waals surface area contributed by atoms with E-state index in [4.69, 9.17) is 5.21 Å². The summed E-state index contributed by atoms with van der Waals surface area (Å²) in [5.74, 6) is -3.31. The summed E-state index contributed by atoms with van der Waals surface area (Å²) in [6.07, 6.45) is 0. The molecule has 0 heterocycles. The number of hydrogen-bond acceptors (Lipinski definition) is 7. The minimum absolute atomic E-state index is 0.0676. The van der Waals surface area contributed by atoms with E-state index in [-0.39, 0.29) is 12.3 Å². The third-order valence-corrected chi connectivity index (χ3v) is 2.19. The van der Waals surface area contributed by atoms with E-state index in [1.807, 2.05) is 5.32 Å². The molecule has 1 aromatic rings. The molecular weight excluding hydrogens is 289 g/mol. The molecule has 112 valence electrons. The molecule has 1 amide bonds. The fraction of sp³-hybridized carbons (Fsp3) is 0.182. The number of amides is 1. The van der Waals surface area contributed by atoms with Crippen LogP contribution in [0.25, 0.3) is 0 Å². The Bertz CT molecular complexity index is 616. The molecule has 0 unspecified atom stereocenters. The molecule has 0 bridgehead atoms. The first-order chi connectivity index (χ1) is 9.90. The van der Waals surface area contributed by atoms with Crippen molar-refractivity contribution in [1.82, 2.24) is 0 Å². The second kappa shape index (κ2) is 6.93. The van der Waals surface area contributed by atoms with Crippen LogP contribution in [-0.4, -0.2) is 34.3 Å². The van der Waals surface area contributed by atoms with Crippen molar-refractivity contribution in [2.75, 3.05) is 11.9 Å². The molecule has 0 aliphatic rings. The van der Waals surface area contributed by atoms with E-state index in [0.29, 0.717) is 6.07 Å². The van der Waals surface area contributed by atoms with Crippen LogP contribution in [0.2, 0.25) is 0 Å². The Morgan fingerprint density at radius 2 is 2.19 bits per heavy atom. The Kier molecular flexibility index (Phi) is 5.29. The van der Waals surface area contributed by atoms with E-state index in [9.17, 15) is 24.1 Å². The monoisotopic (exact) mass is 299 g/mol. The van der Waals surface area contributed by atoms with Crippen LogP contribution in [0.5, 0.6) is 0 Å². The Hall–Kier alpha value is -3.04. The maximum Gasteiger partial charge on any atom is 0.366 e. The first-order valence-electron chi connectivity index (χ1n) is 5.55. The van der Waals surface area contributed by atoms with Crippen molar-refractivity contribution >= 4 is 29.0 Å². The first kappa shape index (κ1) is 16.0. The highest BCUT2D eigenvalue weighted by Gasteiger charge is 2.25. The molecule has 0 radical (unpaired) electrons. The first-order valence-corrected chi connectivity index (χ1v) is 5.55. The zero-order valence-electron chi connectivity index (χ0n) is 10.7. The summed E-state index contributed by atoms with van der Waals surface area (Å²) in [6.45, 7) is 1.40. The highest BCUT2D eigenvalue weighted by Crippen LogP contribution is 2.24. The second-order valence-corrected chi connectivity index (χ2v) is 3.54. The van der Waals surface area contributed by atoms with E-state index < -0.39 is 34.0 Å². The molecule has 21 heavy (non-hydrogen) atoms. The number of rotatable bonds is 5. The number of nitrogens with zero attached hydrogens (tertiary/aromatic N) is 2. The summed E-state index contributed by atoms with van der Waals surface area (Å²) >= 11 is 0. The lowest BCUT2D eigenvalue weighted by atomic mass is 10.2. The van der Waals surface area contributed by atoms with Crippen LogP contribution in [0.1, 0.15) is 6.92 Å². The summed E-state index contributed by atoms with van der Waals surface area (Å²) in [5.41, 5.74) is -2.07. The van der Waals surface area contributed by atoms with Crippen LogP contribution in [0, 0.1) is 15.9 Å². The number of halogens is 1. The number of carbonyl (C=O) groups excluding carboxylic acids is 2. The average Bonchev–Trinajstić information content (AvgIpc) is 2.41. The summed E-state index contributed by atoms with van der Waals surface area (Å²) in [7, 11) is 0. The Labute approximate surface area is 117 Å². The standard InChI is InChI=1S/C11H10FN3O6/c1-2-21-11(17)9(14-18)10(16)13-7-4-3-6(12)5-8(7)15(19)20/h3-5,18H,2H2,1H3,(H,13,16)/b14-9-. The summed E-state index contributed by atoms with van der Waals surface area (Å²) < 4.78 is 17.4. The maximum atomic E-state index is 12.9. The average molecular weight is 299 g/mol. The van der Waals surface area contributed by atoms with E-state index in [1.54, 1.807) is 0 Å². The topological polar surface area (TPSA) is 131 Å². The van der Waals surface area contributed by atoms with Gasteiger partial charge in [0.2, 0.25) is 0 Å². The van der Waals surface area contributed by atoms with Crippen LogP contribution in [0.4, 0.5) is 15.8 Å². The molecule has 0 saturated heterocycles. The molecule has 1 rings (SSSR count). The van der Waals surface area contributed by atoms with Crippen molar-refractivity contribution in [3.63, 3.8) is 0 Å². The number of nitro benzene ring substituents is 1. The van der Waals surface area contributed by atoms with Crippen molar-refractivity contribution in [2.45, 2.75) is 6.92 Å². The number of carbonyl (C=O) groups is 2. The number of esters is 1. The van der Waals surface area contributed by atoms with E-state index >= 15 is 0 Å². The van der Waals surface area contributed by atoms with Gasteiger partial charge in [-0.2, -0.15) is 0 Å². The van der Waals surface area contributed by atoms with Gasteiger partial charge in [0.15, 0.2) is 0 Å². The number of oxime groups is 1. The maximum absolute atomic E-state index is 12.9. The molecule has 2 N–H and O–H groups in total. The van der Waals surface area contributed by atoms with E-state index in [0.717, 1.165) is 12.1 Å². The molecule has 0 saturated carbocycles. The fourth-order valence-electron chi connectivity index (χ4n) is 1.32. The summed E-state index contributed by atoms with van der Waals surface area (Å²) in [4.78, 5) is 32.8. The lowest BCUT2D eigenvalue weighted by molar-refractivity contribution is -0.384. The number of hydrogen-bond donors (Lipinski definition) is 2. The quantitative estimate of drug-likeness (QED) is 0.209. The van der Waals surface area contributed by atoms with Gasteiger partial charge in [0.05, 0.1) is 17.6 Å². The Balaban J connectivity index is 3.03. The van der Waals surface area contributed by atoms with Crippen molar-refractivity contribution in [2.24, 2.45) is 5.16 Å². The van der Waals surface area contributed by atoms with Crippen LogP contribution in [-0.2, 0) is 14.3 Å². The van der Waals surface area contributed by atoms with Gasteiger partial charge in [-0.05, 0) is 19.1 Å². The van der Waals surface area contributed by atoms with Crippen LogP contribution in [0.15, 0.2) is 23.4 Å². The molecule has 10 heteroatoms. The smallest absolute Gasteiger partial charge is 0.366 e. The lowest BCUT2D eigenvalue weighted by Crippen LogP contribution is -2.31. The molecule has 1 aromatic carbocycles. The van der Waals surface area contributed by atoms with Gasteiger partial charge >= 0.3 is 5.97 Å². The van der Waals surface area contributed by atoms with Crippen molar-refractivity contribution in [3.05, 3.63) is 34.1 Å². The van der Waals surface area contributed by atoms with Gasteiger partial charge in [-0.3, -0.25) is 14.9 Å². The zero-order chi connectivity index (χ0) is 16.0. The number of ether oxygens (including phenoxy) is 1.